The highest BCUT2D eigenvalue weighted by Gasteiger charge is 2.05. The van der Waals surface area contributed by atoms with Crippen LogP contribution in [-0.2, 0) is 0 Å². The molecule has 0 spiro atoms. The van der Waals surface area contributed by atoms with E-state index in [1.807, 2.05) is 0 Å². The quantitative estimate of drug-likeness (QED) is 0.730. The van der Waals surface area contributed by atoms with E-state index in [0.717, 1.165) is 19.6 Å². The number of nitrogens with zero attached hydrogens (tertiary/aromatic N) is 1. The van der Waals surface area contributed by atoms with Crippen LogP contribution in [0.3, 0.4) is 0 Å². The van der Waals surface area contributed by atoms with Gasteiger partial charge < -0.3 is 10.2 Å². The van der Waals surface area contributed by atoms with E-state index >= 15 is 0 Å². The van der Waals surface area contributed by atoms with E-state index in [4.69, 9.17) is 0 Å². The van der Waals surface area contributed by atoms with Crippen LogP contribution in [0.4, 0.5) is 0 Å². The van der Waals surface area contributed by atoms with Gasteiger partial charge >= 0.3 is 0 Å². The fraction of sp³-hybridized carbons (Fsp3) is 0.600. The van der Waals surface area contributed by atoms with Gasteiger partial charge in [-0.3, -0.25) is 0 Å². The molecule has 1 aromatic rings. The second-order valence-electron chi connectivity index (χ2n) is 5.09. The van der Waals surface area contributed by atoms with Gasteiger partial charge in [0, 0.05) is 25.7 Å². The predicted octanol–water partition coefficient (Wildman–Crippen LogP) is 2.72. The Labute approximate surface area is 106 Å². The summed E-state index contributed by atoms with van der Waals surface area (Å²) in [6.07, 6.45) is 0. The van der Waals surface area contributed by atoms with Crippen LogP contribution in [-0.4, -0.2) is 37.6 Å². The van der Waals surface area contributed by atoms with Crippen LogP contribution >= 0.6 is 0 Å². The second kappa shape index (κ2) is 7.46. The summed E-state index contributed by atoms with van der Waals surface area (Å²) in [5.74, 6) is 0.584. The molecule has 2 heteroatoms. The van der Waals surface area contributed by atoms with Crippen molar-refractivity contribution in [2.24, 2.45) is 0 Å². The molecule has 1 atom stereocenters. The van der Waals surface area contributed by atoms with E-state index in [9.17, 15) is 0 Å². The minimum absolute atomic E-state index is 0.584. The lowest BCUT2D eigenvalue weighted by Crippen LogP contribution is -2.34. The highest BCUT2D eigenvalue weighted by atomic mass is 15.1. The molecule has 0 saturated carbocycles. The van der Waals surface area contributed by atoms with Crippen molar-refractivity contribution in [1.29, 1.82) is 0 Å². The second-order valence-corrected chi connectivity index (χ2v) is 5.09. The summed E-state index contributed by atoms with van der Waals surface area (Å²) in [4.78, 5) is 2.36. The molecule has 1 unspecified atom stereocenters. The molecule has 1 N–H and O–H groups in total. The van der Waals surface area contributed by atoms with Crippen LogP contribution in [0.2, 0.25) is 0 Å². The molecule has 0 fully saturated rings. The Balaban J connectivity index is 2.19. The Hall–Kier alpha value is -0.860. The average Bonchev–Trinajstić information content (AvgIpc) is 2.35. The fourth-order valence-electron chi connectivity index (χ4n) is 1.73. The summed E-state index contributed by atoms with van der Waals surface area (Å²) in [6.45, 7) is 9.95. The van der Waals surface area contributed by atoms with Gasteiger partial charge in [-0.2, -0.15) is 0 Å². The summed E-state index contributed by atoms with van der Waals surface area (Å²) in [7, 11) is 2.17. The first kappa shape index (κ1) is 14.2. The number of hydrogen-bond acceptors (Lipinski definition) is 2. The van der Waals surface area contributed by atoms with Gasteiger partial charge in [0.15, 0.2) is 0 Å². The standard InChI is InChI=1S/C15H26N2/c1-13(2)17(4)11-10-16-12-14(3)15-8-6-5-7-9-15/h5-9,13-14,16H,10-12H2,1-4H3. The maximum atomic E-state index is 3.53. The van der Waals surface area contributed by atoms with Gasteiger partial charge in [0.2, 0.25) is 0 Å². The molecule has 17 heavy (non-hydrogen) atoms. The number of rotatable bonds is 7. The largest absolute Gasteiger partial charge is 0.315 e. The van der Waals surface area contributed by atoms with E-state index in [-0.39, 0.29) is 0 Å². The molecule has 0 aliphatic carbocycles. The van der Waals surface area contributed by atoms with E-state index < -0.39 is 0 Å². The first-order valence-electron chi connectivity index (χ1n) is 6.57. The summed E-state index contributed by atoms with van der Waals surface area (Å²) < 4.78 is 0. The highest BCUT2D eigenvalue weighted by Crippen LogP contribution is 2.12. The molecule has 0 saturated heterocycles. The smallest absolute Gasteiger partial charge is 0.0106 e. The molecule has 0 aliphatic rings. The zero-order chi connectivity index (χ0) is 12.7. The monoisotopic (exact) mass is 234 g/mol. The number of nitrogens with one attached hydrogen (secondary N) is 1. The van der Waals surface area contributed by atoms with Crippen molar-refractivity contribution in [3.05, 3.63) is 35.9 Å². The van der Waals surface area contributed by atoms with Gasteiger partial charge in [0.1, 0.15) is 0 Å². The Morgan fingerprint density at radius 2 is 1.76 bits per heavy atom. The minimum atomic E-state index is 0.584. The molecule has 1 rings (SSSR count). The lowest BCUT2D eigenvalue weighted by molar-refractivity contribution is 0.273. The van der Waals surface area contributed by atoms with Gasteiger partial charge in [-0.05, 0) is 32.4 Å². The van der Waals surface area contributed by atoms with Gasteiger partial charge in [-0.25, -0.2) is 0 Å². The fourth-order valence-corrected chi connectivity index (χ4v) is 1.73. The molecule has 0 aromatic heterocycles. The van der Waals surface area contributed by atoms with Crippen LogP contribution in [0.25, 0.3) is 0 Å². The van der Waals surface area contributed by atoms with Crippen LogP contribution in [0.15, 0.2) is 30.3 Å². The van der Waals surface area contributed by atoms with Gasteiger partial charge in [0.05, 0.1) is 0 Å². The topological polar surface area (TPSA) is 15.3 Å². The third kappa shape index (κ3) is 5.33. The Morgan fingerprint density at radius 1 is 1.12 bits per heavy atom. The summed E-state index contributed by atoms with van der Waals surface area (Å²) in [6, 6.07) is 11.3. The van der Waals surface area contributed by atoms with Crippen LogP contribution in [0.5, 0.6) is 0 Å². The highest BCUT2D eigenvalue weighted by molar-refractivity contribution is 5.18. The van der Waals surface area contributed by atoms with E-state index in [1.54, 1.807) is 0 Å². The minimum Gasteiger partial charge on any atom is -0.315 e. The van der Waals surface area contributed by atoms with E-state index in [1.165, 1.54) is 5.56 Å². The zero-order valence-electron chi connectivity index (χ0n) is 11.6. The number of benzene rings is 1. The van der Waals surface area contributed by atoms with Crippen molar-refractivity contribution < 1.29 is 0 Å². The lowest BCUT2D eigenvalue weighted by atomic mass is 10.0. The summed E-state index contributed by atoms with van der Waals surface area (Å²) in [5, 5.41) is 3.53. The zero-order valence-corrected chi connectivity index (χ0v) is 11.6. The molecular weight excluding hydrogens is 208 g/mol. The van der Waals surface area contributed by atoms with Crippen molar-refractivity contribution in [1.82, 2.24) is 10.2 Å². The van der Waals surface area contributed by atoms with Crippen molar-refractivity contribution in [2.45, 2.75) is 32.7 Å². The Morgan fingerprint density at radius 3 is 2.35 bits per heavy atom. The summed E-state index contributed by atoms with van der Waals surface area (Å²) >= 11 is 0. The van der Waals surface area contributed by atoms with Crippen LogP contribution in [0.1, 0.15) is 32.3 Å². The van der Waals surface area contributed by atoms with Crippen molar-refractivity contribution >= 4 is 0 Å². The first-order valence-corrected chi connectivity index (χ1v) is 6.57. The molecule has 1 aromatic carbocycles. The first-order chi connectivity index (χ1) is 8.11. The number of likely N-dealkylation sites (N-methyl/N-ethyl adjacent to an activating group) is 1. The Kier molecular flexibility index (Phi) is 6.23. The normalized spacial score (nSPS) is 13.3. The third-order valence-electron chi connectivity index (χ3n) is 3.34. The van der Waals surface area contributed by atoms with E-state index in [2.05, 4.69) is 68.4 Å². The molecule has 0 radical (unpaired) electrons. The van der Waals surface area contributed by atoms with Crippen LogP contribution < -0.4 is 5.32 Å². The van der Waals surface area contributed by atoms with Crippen molar-refractivity contribution in [3.63, 3.8) is 0 Å². The molecule has 0 heterocycles. The lowest BCUT2D eigenvalue weighted by Gasteiger charge is -2.21. The molecule has 2 nitrogen and oxygen atoms in total. The van der Waals surface area contributed by atoms with Crippen molar-refractivity contribution in [2.75, 3.05) is 26.7 Å². The number of hydrogen-bond donors (Lipinski definition) is 1. The molecule has 96 valence electrons. The molecule has 0 bridgehead atoms. The third-order valence-corrected chi connectivity index (χ3v) is 3.34. The maximum absolute atomic E-state index is 3.53. The molecule has 0 amide bonds. The van der Waals surface area contributed by atoms with Gasteiger partial charge in [0.25, 0.3) is 0 Å². The maximum Gasteiger partial charge on any atom is 0.0106 e. The predicted molar refractivity (Wildman–Crippen MR) is 75.5 cm³/mol. The Bertz CT molecular complexity index is 295. The molecule has 0 aliphatic heterocycles. The average molecular weight is 234 g/mol. The van der Waals surface area contributed by atoms with Gasteiger partial charge in [-0.1, -0.05) is 37.3 Å². The van der Waals surface area contributed by atoms with E-state index in [0.29, 0.717) is 12.0 Å². The summed E-state index contributed by atoms with van der Waals surface area (Å²) in [5.41, 5.74) is 1.41. The van der Waals surface area contributed by atoms with Crippen LogP contribution in [0, 0.1) is 0 Å². The van der Waals surface area contributed by atoms with Crippen molar-refractivity contribution in [3.8, 4) is 0 Å². The molecular formula is C15H26N2. The van der Waals surface area contributed by atoms with Gasteiger partial charge in [-0.15, -0.1) is 0 Å². The SMILES string of the molecule is CC(CNCCN(C)C(C)C)c1ccccc1.